The van der Waals surface area contributed by atoms with Crippen LogP contribution >= 0.6 is 11.8 Å². The molecule has 0 bridgehead atoms. The van der Waals surface area contributed by atoms with Gasteiger partial charge in [0.05, 0.1) is 11.5 Å². The molecule has 0 unspecified atom stereocenters. The molecule has 2 atom stereocenters. The zero-order valence-electron chi connectivity index (χ0n) is 15.4. The topological polar surface area (TPSA) is 63.7 Å². The Kier molecular flexibility index (Phi) is 6.24. The maximum Gasteiger partial charge on any atom is 0.324 e. The molecule has 0 saturated carbocycles. The first-order valence-corrected chi connectivity index (χ1v) is 11.2. The second-order valence-corrected chi connectivity index (χ2v) is 9.71. The molecule has 1 fully saturated rings. The van der Waals surface area contributed by atoms with Crippen molar-refractivity contribution in [2.45, 2.75) is 41.4 Å². The summed E-state index contributed by atoms with van der Waals surface area (Å²) in [5, 5.41) is -0.0120. The van der Waals surface area contributed by atoms with Crippen LogP contribution in [0.2, 0.25) is 0 Å². The van der Waals surface area contributed by atoms with Crippen LogP contribution < -0.4 is 0 Å². The van der Waals surface area contributed by atoms with Gasteiger partial charge in [-0.3, -0.25) is 4.79 Å². The summed E-state index contributed by atoms with van der Waals surface area (Å²) < 4.78 is 32.8. The normalized spacial score (nSPS) is 20.5. The van der Waals surface area contributed by atoms with Crippen molar-refractivity contribution in [1.82, 2.24) is 4.31 Å². The van der Waals surface area contributed by atoms with E-state index in [0.29, 0.717) is 6.42 Å². The highest BCUT2D eigenvalue weighted by Crippen LogP contribution is 2.36. The molecule has 7 heteroatoms. The van der Waals surface area contributed by atoms with E-state index in [1.54, 1.807) is 43.0 Å². The third-order valence-corrected chi connectivity index (χ3v) is 7.56. The number of esters is 1. The van der Waals surface area contributed by atoms with E-state index in [2.05, 4.69) is 0 Å². The maximum absolute atomic E-state index is 13.2. The predicted molar refractivity (Wildman–Crippen MR) is 106 cm³/mol. The van der Waals surface area contributed by atoms with Gasteiger partial charge in [-0.1, -0.05) is 35.9 Å². The Morgan fingerprint density at radius 2 is 1.81 bits per heavy atom. The van der Waals surface area contributed by atoms with Crippen LogP contribution in [0, 0.1) is 6.92 Å². The van der Waals surface area contributed by atoms with E-state index in [9.17, 15) is 13.2 Å². The summed E-state index contributed by atoms with van der Waals surface area (Å²) in [6.07, 6.45) is 0.434. The molecule has 1 heterocycles. The molecular formula is C20H23NO4S2. The molecule has 27 heavy (non-hydrogen) atoms. The van der Waals surface area contributed by atoms with Crippen molar-refractivity contribution >= 4 is 27.8 Å². The van der Waals surface area contributed by atoms with Crippen LogP contribution in [0.4, 0.5) is 0 Å². The number of rotatable bonds is 6. The number of hydrogen-bond donors (Lipinski definition) is 0. The van der Waals surface area contributed by atoms with Gasteiger partial charge in [0.2, 0.25) is 10.0 Å². The number of carbonyl (C=O) groups excluding carboxylic acids is 1. The van der Waals surface area contributed by atoms with Crippen molar-refractivity contribution in [3.05, 3.63) is 60.2 Å². The fourth-order valence-corrected chi connectivity index (χ4v) is 6.05. The van der Waals surface area contributed by atoms with Crippen molar-refractivity contribution in [2.75, 3.05) is 13.2 Å². The lowest BCUT2D eigenvalue weighted by Crippen LogP contribution is -2.41. The highest BCUT2D eigenvalue weighted by Gasteiger charge is 2.45. The Labute approximate surface area is 164 Å². The Bertz CT molecular complexity index is 882. The number of thioether (sulfide) groups is 1. The van der Waals surface area contributed by atoms with Crippen molar-refractivity contribution in [2.24, 2.45) is 0 Å². The molecule has 2 aromatic rings. The minimum absolute atomic E-state index is 0.0120. The molecule has 0 aliphatic carbocycles. The van der Waals surface area contributed by atoms with E-state index in [1.807, 2.05) is 37.3 Å². The molecule has 2 aromatic carbocycles. The van der Waals surface area contributed by atoms with Crippen LogP contribution in [0.1, 0.15) is 18.9 Å². The van der Waals surface area contributed by atoms with Crippen LogP contribution in [0.5, 0.6) is 0 Å². The number of ether oxygens (including phenoxy) is 1. The van der Waals surface area contributed by atoms with Crippen LogP contribution in [-0.4, -0.2) is 43.1 Å². The Hall–Kier alpha value is -1.83. The van der Waals surface area contributed by atoms with E-state index < -0.39 is 22.0 Å². The number of carbonyl (C=O) groups is 1. The molecule has 0 radical (unpaired) electrons. The number of aryl methyl sites for hydroxylation is 1. The summed E-state index contributed by atoms with van der Waals surface area (Å²) in [4.78, 5) is 13.7. The monoisotopic (exact) mass is 405 g/mol. The lowest BCUT2D eigenvalue weighted by Gasteiger charge is -2.22. The zero-order chi connectivity index (χ0) is 19.4. The van der Waals surface area contributed by atoms with Gasteiger partial charge in [-0.2, -0.15) is 4.31 Å². The fourth-order valence-electron chi connectivity index (χ4n) is 3.11. The third kappa shape index (κ3) is 4.54. The number of sulfonamides is 1. The summed E-state index contributed by atoms with van der Waals surface area (Å²) in [5.41, 5.74) is 0.981. The fraction of sp³-hybridized carbons (Fsp3) is 0.350. The molecule has 0 amide bonds. The molecule has 0 spiro atoms. The summed E-state index contributed by atoms with van der Waals surface area (Å²) in [6.45, 7) is 4.13. The Balaban J connectivity index is 1.87. The molecule has 144 valence electrons. The Morgan fingerprint density at radius 3 is 2.44 bits per heavy atom. The summed E-state index contributed by atoms with van der Waals surface area (Å²) in [7, 11) is -3.77. The minimum Gasteiger partial charge on any atom is -0.465 e. The van der Waals surface area contributed by atoms with Gasteiger partial charge < -0.3 is 4.74 Å². The first-order chi connectivity index (χ1) is 12.9. The Morgan fingerprint density at radius 1 is 1.15 bits per heavy atom. The SMILES string of the molecule is CCOC(=O)[C@@H]1C[C@H](Sc2ccccc2)CN1S(=O)(=O)c1ccc(C)cc1. The highest BCUT2D eigenvalue weighted by atomic mass is 32.2. The van der Waals surface area contributed by atoms with Gasteiger partial charge in [-0.15, -0.1) is 11.8 Å². The smallest absolute Gasteiger partial charge is 0.324 e. The molecule has 1 aliphatic rings. The van der Waals surface area contributed by atoms with Crippen LogP contribution in [0.15, 0.2) is 64.4 Å². The van der Waals surface area contributed by atoms with Crippen LogP contribution in [-0.2, 0) is 19.6 Å². The number of hydrogen-bond acceptors (Lipinski definition) is 5. The largest absolute Gasteiger partial charge is 0.465 e. The van der Waals surface area contributed by atoms with Gasteiger partial charge in [-0.25, -0.2) is 8.42 Å². The second-order valence-electron chi connectivity index (χ2n) is 6.44. The standard InChI is InChI=1S/C20H23NO4S2/c1-3-25-20(22)19-13-17(26-16-7-5-4-6-8-16)14-21(19)27(23,24)18-11-9-15(2)10-12-18/h4-12,17,19H,3,13-14H2,1-2H3/t17-,19-/m0/s1. The first-order valence-electron chi connectivity index (χ1n) is 8.88. The summed E-state index contributed by atoms with van der Waals surface area (Å²) in [6, 6.07) is 15.7. The molecule has 3 rings (SSSR count). The average molecular weight is 406 g/mol. The van der Waals surface area contributed by atoms with Gasteiger partial charge in [0.1, 0.15) is 6.04 Å². The van der Waals surface area contributed by atoms with Crippen molar-refractivity contribution in [3.63, 3.8) is 0 Å². The zero-order valence-corrected chi connectivity index (χ0v) is 17.0. The maximum atomic E-state index is 13.2. The minimum atomic E-state index is -3.77. The van der Waals surface area contributed by atoms with Gasteiger partial charge in [0, 0.05) is 16.7 Å². The number of benzene rings is 2. The highest BCUT2D eigenvalue weighted by molar-refractivity contribution is 8.00. The van der Waals surface area contributed by atoms with Gasteiger partial charge in [-0.05, 0) is 44.5 Å². The van der Waals surface area contributed by atoms with E-state index in [1.165, 1.54) is 4.31 Å². The van der Waals surface area contributed by atoms with E-state index >= 15 is 0 Å². The molecule has 1 saturated heterocycles. The lowest BCUT2D eigenvalue weighted by molar-refractivity contribution is -0.146. The average Bonchev–Trinajstić information content (AvgIpc) is 3.08. The van der Waals surface area contributed by atoms with Crippen molar-refractivity contribution in [3.8, 4) is 0 Å². The number of nitrogens with zero attached hydrogens (tertiary/aromatic N) is 1. The van der Waals surface area contributed by atoms with Gasteiger partial charge >= 0.3 is 5.97 Å². The summed E-state index contributed by atoms with van der Waals surface area (Å²) in [5.74, 6) is -0.482. The molecule has 0 aromatic heterocycles. The van der Waals surface area contributed by atoms with Crippen molar-refractivity contribution < 1.29 is 17.9 Å². The van der Waals surface area contributed by atoms with Crippen molar-refractivity contribution in [1.29, 1.82) is 0 Å². The molecular weight excluding hydrogens is 382 g/mol. The molecule has 1 aliphatic heterocycles. The van der Waals surface area contributed by atoms with E-state index in [4.69, 9.17) is 4.74 Å². The van der Waals surface area contributed by atoms with E-state index in [0.717, 1.165) is 10.5 Å². The first kappa shape index (κ1) is 19.9. The molecule has 0 N–H and O–H groups in total. The second kappa shape index (κ2) is 8.46. The summed E-state index contributed by atoms with van der Waals surface area (Å²) >= 11 is 1.59. The lowest BCUT2D eigenvalue weighted by atomic mass is 10.2. The van der Waals surface area contributed by atoms with E-state index in [-0.39, 0.29) is 23.3 Å². The van der Waals surface area contributed by atoms with Gasteiger partial charge in [0.15, 0.2) is 0 Å². The quantitative estimate of drug-likeness (QED) is 0.689. The van der Waals surface area contributed by atoms with Crippen LogP contribution in [0.3, 0.4) is 0 Å². The predicted octanol–water partition coefficient (Wildman–Crippen LogP) is 3.48. The molecule has 5 nitrogen and oxygen atoms in total. The van der Waals surface area contributed by atoms with Gasteiger partial charge in [0.25, 0.3) is 0 Å². The van der Waals surface area contributed by atoms with Crippen LogP contribution in [0.25, 0.3) is 0 Å². The third-order valence-electron chi connectivity index (χ3n) is 4.45.